The van der Waals surface area contributed by atoms with Gasteiger partial charge in [0.05, 0.1) is 12.2 Å². The Hall–Kier alpha value is -3.03. The van der Waals surface area contributed by atoms with E-state index >= 15 is 0 Å². The fraction of sp³-hybridized carbons (Fsp3) is 0.429. The van der Waals surface area contributed by atoms with Gasteiger partial charge in [0, 0.05) is 32.3 Å². The molecule has 0 atom stereocenters. The normalized spacial score (nSPS) is 15.1. The number of hydrogen-bond acceptors (Lipinski definition) is 4. The van der Waals surface area contributed by atoms with Crippen LogP contribution in [0.5, 0.6) is 0 Å². The molecule has 29 heavy (non-hydrogen) atoms. The molecule has 0 bridgehead atoms. The number of nitrogens with zero attached hydrogens (tertiary/aromatic N) is 5. The van der Waals surface area contributed by atoms with Gasteiger partial charge in [-0.1, -0.05) is 17.3 Å². The van der Waals surface area contributed by atoms with Crippen molar-refractivity contribution >= 4 is 17.9 Å². The van der Waals surface area contributed by atoms with Crippen molar-refractivity contribution in [3.05, 3.63) is 53.6 Å². The summed E-state index contributed by atoms with van der Waals surface area (Å²) in [7, 11) is 0. The second-order valence-electron chi connectivity index (χ2n) is 7.01. The molecule has 7 nitrogen and oxygen atoms in total. The highest BCUT2D eigenvalue weighted by Crippen LogP contribution is 2.22. The first kappa shape index (κ1) is 20.7. The van der Waals surface area contributed by atoms with Gasteiger partial charge in [-0.05, 0) is 50.5 Å². The smallest absolute Gasteiger partial charge is 0.276 e. The molecule has 154 valence electrons. The van der Waals surface area contributed by atoms with Gasteiger partial charge in [0.1, 0.15) is 5.82 Å². The molecule has 1 aromatic carbocycles. The molecule has 1 aliphatic heterocycles. The van der Waals surface area contributed by atoms with Crippen LogP contribution in [-0.4, -0.2) is 62.8 Å². The quantitative estimate of drug-likeness (QED) is 0.701. The van der Waals surface area contributed by atoms with Gasteiger partial charge in [-0.3, -0.25) is 9.59 Å². The molecule has 2 heterocycles. The standard InChI is InChI=1S/C21H26FN5O2/c1-3-25(4-2)21(29)19-15-27(24-23-19)18-10-12-26(13-11-18)20(28)9-8-16-6-5-7-17(22)14-16/h5-9,14-15,18H,3-4,10-13H2,1-2H3/b9-8-. The summed E-state index contributed by atoms with van der Waals surface area (Å²) in [6, 6.07) is 6.23. The van der Waals surface area contributed by atoms with Gasteiger partial charge in [-0.25, -0.2) is 9.07 Å². The number of carbonyl (C=O) groups is 2. The molecule has 2 aromatic rings. The van der Waals surface area contributed by atoms with Crippen LogP contribution < -0.4 is 0 Å². The first-order valence-electron chi connectivity index (χ1n) is 9.95. The molecule has 1 aromatic heterocycles. The van der Waals surface area contributed by atoms with E-state index in [1.54, 1.807) is 38.9 Å². The lowest BCUT2D eigenvalue weighted by atomic mass is 10.1. The van der Waals surface area contributed by atoms with E-state index in [0.29, 0.717) is 37.4 Å². The van der Waals surface area contributed by atoms with Gasteiger partial charge < -0.3 is 9.80 Å². The summed E-state index contributed by atoms with van der Waals surface area (Å²) < 4.78 is 15.0. The minimum Gasteiger partial charge on any atom is -0.339 e. The fourth-order valence-corrected chi connectivity index (χ4v) is 3.46. The minimum absolute atomic E-state index is 0.0938. The minimum atomic E-state index is -0.327. The van der Waals surface area contributed by atoms with Crippen LogP contribution in [-0.2, 0) is 4.79 Å². The molecule has 0 spiro atoms. The van der Waals surface area contributed by atoms with Crippen LogP contribution in [0.15, 0.2) is 36.5 Å². The third kappa shape index (κ3) is 5.07. The van der Waals surface area contributed by atoms with Crippen molar-refractivity contribution in [3.8, 4) is 0 Å². The van der Waals surface area contributed by atoms with Gasteiger partial charge in [0.2, 0.25) is 5.91 Å². The number of amides is 2. The molecular formula is C21H26FN5O2. The van der Waals surface area contributed by atoms with Crippen LogP contribution in [0.2, 0.25) is 0 Å². The van der Waals surface area contributed by atoms with Crippen LogP contribution >= 0.6 is 0 Å². The van der Waals surface area contributed by atoms with E-state index in [2.05, 4.69) is 10.3 Å². The van der Waals surface area contributed by atoms with Gasteiger partial charge in [0.15, 0.2) is 5.69 Å². The van der Waals surface area contributed by atoms with Crippen molar-refractivity contribution in [2.24, 2.45) is 0 Å². The van der Waals surface area contributed by atoms with Crippen molar-refractivity contribution in [1.29, 1.82) is 0 Å². The maximum Gasteiger partial charge on any atom is 0.276 e. The van der Waals surface area contributed by atoms with Gasteiger partial charge in [-0.15, -0.1) is 5.10 Å². The summed E-state index contributed by atoms with van der Waals surface area (Å²) >= 11 is 0. The van der Waals surface area contributed by atoms with Gasteiger partial charge in [-0.2, -0.15) is 0 Å². The number of benzene rings is 1. The Morgan fingerprint density at radius 3 is 2.62 bits per heavy atom. The number of carbonyl (C=O) groups excluding carboxylic acids is 2. The van der Waals surface area contributed by atoms with Crippen LogP contribution in [0.1, 0.15) is 48.8 Å². The average Bonchev–Trinajstić information content (AvgIpc) is 3.23. The van der Waals surface area contributed by atoms with Crippen molar-refractivity contribution in [3.63, 3.8) is 0 Å². The summed E-state index contributed by atoms with van der Waals surface area (Å²) in [5.41, 5.74) is 1.01. The van der Waals surface area contributed by atoms with Crippen molar-refractivity contribution in [2.45, 2.75) is 32.7 Å². The Morgan fingerprint density at radius 1 is 1.24 bits per heavy atom. The third-order valence-electron chi connectivity index (χ3n) is 5.20. The van der Waals surface area contributed by atoms with Crippen LogP contribution in [0.4, 0.5) is 4.39 Å². The number of likely N-dealkylation sites (tertiary alicyclic amines) is 1. The lowest BCUT2D eigenvalue weighted by Gasteiger charge is -2.31. The van der Waals surface area contributed by atoms with Crippen LogP contribution in [0.3, 0.4) is 0 Å². The van der Waals surface area contributed by atoms with Crippen molar-refractivity contribution in [1.82, 2.24) is 24.8 Å². The summed E-state index contributed by atoms with van der Waals surface area (Å²) in [6.45, 7) is 6.31. The van der Waals surface area contributed by atoms with Gasteiger partial charge in [0.25, 0.3) is 5.91 Å². The average molecular weight is 399 g/mol. The first-order valence-corrected chi connectivity index (χ1v) is 9.95. The summed E-state index contributed by atoms with van der Waals surface area (Å²) in [5.74, 6) is -0.535. The fourth-order valence-electron chi connectivity index (χ4n) is 3.46. The lowest BCUT2D eigenvalue weighted by molar-refractivity contribution is -0.127. The van der Waals surface area contributed by atoms with E-state index in [9.17, 15) is 14.0 Å². The molecule has 2 amide bonds. The van der Waals surface area contributed by atoms with E-state index in [4.69, 9.17) is 0 Å². The van der Waals surface area contributed by atoms with E-state index < -0.39 is 0 Å². The Morgan fingerprint density at radius 2 is 1.97 bits per heavy atom. The van der Waals surface area contributed by atoms with E-state index in [0.717, 1.165) is 12.8 Å². The molecule has 1 fully saturated rings. The highest BCUT2D eigenvalue weighted by Gasteiger charge is 2.25. The van der Waals surface area contributed by atoms with Crippen LogP contribution in [0.25, 0.3) is 6.08 Å². The first-order chi connectivity index (χ1) is 14.0. The molecule has 1 aliphatic rings. The molecule has 3 rings (SSSR count). The molecule has 0 N–H and O–H groups in total. The molecule has 0 unspecified atom stereocenters. The molecule has 1 saturated heterocycles. The summed E-state index contributed by atoms with van der Waals surface area (Å²) in [4.78, 5) is 28.3. The Bertz CT molecular complexity index is 883. The highest BCUT2D eigenvalue weighted by molar-refractivity contribution is 5.92. The number of piperidine rings is 1. The number of halogens is 1. The molecule has 0 radical (unpaired) electrons. The predicted octanol–water partition coefficient (Wildman–Crippen LogP) is 2.78. The SMILES string of the molecule is CCN(CC)C(=O)c1cn(C2CCN(C(=O)/C=C\c3cccc(F)c3)CC2)nn1. The van der Waals surface area contributed by atoms with E-state index in [1.165, 1.54) is 18.2 Å². The number of rotatable bonds is 6. The zero-order valence-electron chi connectivity index (χ0n) is 16.8. The molecular weight excluding hydrogens is 373 g/mol. The Kier molecular flexibility index (Phi) is 6.74. The maximum atomic E-state index is 13.2. The lowest BCUT2D eigenvalue weighted by Crippen LogP contribution is -2.38. The second-order valence-corrected chi connectivity index (χ2v) is 7.01. The molecule has 8 heteroatoms. The topological polar surface area (TPSA) is 71.3 Å². The third-order valence-corrected chi connectivity index (χ3v) is 5.20. The van der Waals surface area contributed by atoms with E-state index in [1.807, 2.05) is 13.8 Å². The second kappa shape index (κ2) is 9.45. The predicted molar refractivity (Wildman–Crippen MR) is 108 cm³/mol. The highest BCUT2D eigenvalue weighted by atomic mass is 19.1. The van der Waals surface area contributed by atoms with Crippen molar-refractivity contribution < 1.29 is 14.0 Å². The van der Waals surface area contributed by atoms with Gasteiger partial charge >= 0.3 is 0 Å². The van der Waals surface area contributed by atoms with Crippen molar-refractivity contribution in [2.75, 3.05) is 26.2 Å². The molecule has 0 aliphatic carbocycles. The Labute approximate surface area is 169 Å². The monoisotopic (exact) mass is 399 g/mol. The molecule has 0 saturated carbocycles. The maximum absolute atomic E-state index is 13.2. The number of aromatic nitrogens is 3. The van der Waals surface area contributed by atoms with Crippen LogP contribution in [0, 0.1) is 5.82 Å². The largest absolute Gasteiger partial charge is 0.339 e. The summed E-state index contributed by atoms with van der Waals surface area (Å²) in [5, 5.41) is 8.16. The Balaban J connectivity index is 1.55. The zero-order valence-corrected chi connectivity index (χ0v) is 16.8. The zero-order chi connectivity index (χ0) is 20.8. The number of hydrogen-bond donors (Lipinski definition) is 0. The van der Waals surface area contributed by atoms with E-state index in [-0.39, 0.29) is 23.7 Å². The summed E-state index contributed by atoms with van der Waals surface area (Å²) in [6.07, 6.45) is 6.28.